The Morgan fingerprint density at radius 2 is 1.63 bits per heavy atom. The maximum Gasteiger partial charge on any atom is 0.407 e. The summed E-state index contributed by atoms with van der Waals surface area (Å²) in [5, 5.41) is 15.0. The van der Waals surface area contributed by atoms with Gasteiger partial charge in [-0.05, 0) is 60.8 Å². The van der Waals surface area contributed by atoms with E-state index < -0.39 is 29.4 Å². The third-order valence-corrected chi connectivity index (χ3v) is 8.65. The highest BCUT2D eigenvalue weighted by Crippen LogP contribution is 2.73. The topological polar surface area (TPSA) is 105 Å². The Morgan fingerprint density at radius 1 is 1.03 bits per heavy atom. The Kier molecular flexibility index (Phi) is 5.82. The second-order valence-electron chi connectivity index (χ2n) is 10.5. The molecule has 7 nitrogen and oxygen atoms in total. The number of nitrogens with one attached hydrogen (secondary N) is 2. The fourth-order valence-corrected chi connectivity index (χ4v) is 6.00. The van der Waals surface area contributed by atoms with Crippen molar-refractivity contribution >= 4 is 18.0 Å². The first kappa shape index (κ1) is 23.4. The number of carbonyl (C=O) groups excluding carboxylic acids is 2. The van der Waals surface area contributed by atoms with Crippen LogP contribution in [0.2, 0.25) is 0 Å². The molecule has 0 heterocycles. The average Bonchev–Trinajstić information content (AvgIpc) is 3.45. The Labute approximate surface area is 205 Å². The van der Waals surface area contributed by atoms with Crippen molar-refractivity contribution in [1.29, 1.82) is 0 Å². The first-order valence-corrected chi connectivity index (χ1v) is 12.4. The molecule has 3 atom stereocenters. The molecule has 2 amide bonds. The zero-order valence-corrected chi connectivity index (χ0v) is 20.2. The lowest BCUT2D eigenvalue weighted by atomic mass is 9.74. The highest BCUT2D eigenvalue weighted by molar-refractivity contribution is 5.89. The molecule has 3 aliphatic rings. The van der Waals surface area contributed by atoms with Crippen molar-refractivity contribution < 1.29 is 24.2 Å². The number of hydrogen-bond donors (Lipinski definition) is 3. The first-order chi connectivity index (χ1) is 16.8. The monoisotopic (exact) mass is 476 g/mol. The molecular weight excluding hydrogens is 444 g/mol. The standard InChI is InChI=1S/C28H32N2O5/c1-17(24(31)32)18(2)30-25(33)28(15-27(28)12-7-13-27)16-29-26(34)35-14-23-21-10-5-3-8-19(21)20-9-4-6-11-22(20)23/h3-6,8-11,17-18,23H,7,12-16H2,1-2H3,(H,29,34)(H,30,33)(H,31,32). The predicted octanol–water partition coefficient (Wildman–Crippen LogP) is 4.31. The highest BCUT2D eigenvalue weighted by atomic mass is 16.5. The molecule has 0 bridgehead atoms. The van der Waals surface area contributed by atoms with Gasteiger partial charge in [-0.2, -0.15) is 0 Å². The summed E-state index contributed by atoms with van der Waals surface area (Å²) in [6.45, 7) is 3.71. The quantitative estimate of drug-likeness (QED) is 0.527. The Morgan fingerprint density at radius 3 is 2.14 bits per heavy atom. The van der Waals surface area contributed by atoms with Crippen LogP contribution in [0.3, 0.4) is 0 Å². The minimum atomic E-state index is -0.947. The molecule has 0 aliphatic heterocycles. The van der Waals surface area contributed by atoms with E-state index in [-0.39, 0.29) is 30.4 Å². The van der Waals surface area contributed by atoms with E-state index in [4.69, 9.17) is 4.74 Å². The van der Waals surface area contributed by atoms with Gasteiger partial charge < -0.3 is 20.5 Å². The van der Waals surface area contributed by atoms with Crippen molar-refractivity contribution in [3.8, 4) is 11.1 Å². The summed E-state index contributed by atoms with van der Waals surface area (Å²) in [5.41, 5.74) is 3.86. The van der Waals surface area contributed by atoms with Crippen molar-refractivity contribution in [2.45, 2.75) is 51.5 Å². The van der Waals surface area contributed by atoms with Crippen LogP contribution in [-0.4, -0.2) is 42.3 Å². The van der Waals surface area contributed by atoms with Gasteiger partial charge >= 0.3 is 12.1 Å². The van der Waals surface area contributed by atoms with Crippen LogP contribution in [0.15, 0.2) is 48.5 Å². The summed E-state index contributed by atoms with van der Waals surface area (Å²) in [7, 11) is 0. The number of benzene rings is 2. The number of carboxylic acid groups (broad SMARTS) is 1. The molecule has 7 heteroatoms. The number of rotatable bonds is 8. The molecule has 1 spiro atoms. The van der Waals surface area contributed by atoms with Gasteiger partial charge in [0.15, 0.2) is 0 Å². The van der Waals surface area contributed by atoms with Crippen LogP contribution in [-0.2, 0) is 14.3 Å². The fraction of sp³-hybridized carbons (Fsp3) is 0.464. The lowest BCUT2D eigenvalue weighted by Gasteiger charge is -2.33. The lowest BCUT2D eigenvalue weighted by Crippen LogP contribution is -2.49. The maximum absolute atomic E-state index is 13.2. The van der Waals surface area contributed by atoms with Crippen LogP contribution in [0, 0.1) is 16.7 Å². The summed E-state index contributed by atoms with van der Waals surface area (Å²) in [5.74, 6) is -1.83. The van der Waals surface area contributed by atoms with Gasteiger partial charge in [0.25, 0.3) is 0 Å². The molecule has 2 fully saturated rings. The second-order valence-corrected chi connectivity index (χ2v) is 10.5. The first-order valence-electron chi connectivity index (χ1n) is 12.4. The SMILES string of the molecule is CC(NC(=O)C1(CNC(=O)OCC2c3ccccc3-c3ccccc32)CC12CCC2)C(C)C(=O)O. The van der Waals surface area contributed by atoms with Gasteiger partial charge in [-0.1, -0.05) is 55.0 Å². The number of aliphatic carboxylic acids is 1. The minimum absolute atomic E-state index is 0.0253. The van der Waals surface area contributed by atoms with Crippen molar-refractivity contribution in [1.82, 2.24) is 10.6 Å². The molecule has 2 saturated carbocycles. The van der Waals surface area contributed by atoms with E-state index in [0.29, 0.717) is 6.42 Å². The Hall–Kier alpha value is -3.35. The maximum atomic E-state index is 13.2. The number of alkyl carbamates (subject to hydrolysis) is 1. The van der Waals surface area contributed by atoms with Crippen molar-refractivity contribution in [2.75, 3.05) is 13.2 Å². The second kappa shape index (κ2) is 8.70. The molecule has 2 aromatic carbocycles. The smallest absolute Gasteiger partial charge is 0.407 e. The van der Waals surface area contributed by atoms with Gasteiger partial charge in [0.1, 0.15) is 6.61 Å². The summed E-state index contributed by atoms with van der Waals surface area (Å²) >= 11 is 0. The van der Waals surface area contributed by atoms with Gasteiger partial charge in [0.05, 0.1) is 11.3 Å². The number of carbonyl (C=O) groups is 3. The highest BCUT2D eigenvalue weighted by Gasteiger charge is 2.73. The molecule has 3 N–H and O–H groups in total. The molecule has 0 saturated heterocycles. The van der Waals surface area contributed by atoms with Gasteiger partial charge in [0, 0.05) is 18.5 Å². The molecule has 5 rings (SSSR count). The predicted molar refractivity (Wildman–Crippen MR) is 131 cm³/mol. The zero-order valence-electron chi connectivity index (χ0n) is 20.2. The molecule has 3 unspecified atom stereocenters. The van der Waals surface area contributed by atoms with Crippen LogP contribution in [0.25, 0.3) is 11.1 Å². The number of amides is 2. The molecule has 0 aromatic heterocycles. The number of fused-ring (bicyclic) bond motifs is 3. The van der Waals surface area contributed by atoms with Crippen LogP contribution >= 0.6 is 0 Å². The number of ether oxygens (including phenoxy) is 1. The van der Waals surface area contributed by atoms with Crippen LogP contribution < -0.4 is 10.6 Å². The number of carboxylic acids is 1. The third kappa shape index (κ3) is 3.87. The molecule has 35 heavy (non-hydrogen) atoms. The van der Waals surface area contributed by atoms with Crippen LogP contribution in [0.1, 0.15) is 56.6 Å². The van der Waals surface area contributed by atoms with E-state index in [1.165, 1.54) is 11.1 Å². The molecule has 3 aliphatic carbocycles. The molecule has 0 radical (unpaired) electrons. The van der Waals surface area contributed by atoms with Crippen LogP contribution in [0.5, 0.6) is 0 Å². The normalized spacial score (nSPS) is 22.8. The average molecular weight is 477 g/mol. The van der Waals surface area contributed by atoms with Gasteiger partial charge in [0.2, 0.25) is 5.91 Å². The summed E-state index contributed by atoms with van der Waals surface area (Å²) in [6, 6.07) is 15.9. The van der Waals surface area contributed by atoms with Crippen LogP contribution in [0.4, 0.5) is 4.79 Å². The molecule has 184 valence electrons. The summed E-state index contributed by atoms with van der Waals surface area (Å²) in [4.78, 5) is 37.3. The van der Waals surface area contributed by atoms with Crippen molar-refractivity contribution in [2.24, 2.45) is 16.7 Å². The minimum Gasteiger partial charge on any atom is -0.481 e. The molecule has 2 aromatic rings. The van der Waals surface area contributed by atoms with Gasteiger partial charge in [-0.25, -0.2) is 4.79 Å². The Bertz CT molecular complexity index is 1130. The van der Waals surface area contributed by atoms with E-state index >= 15 is 0 Å². The summed E-state index contributed by atoms with van der Waals surface area (Å²) in [6.07, 6.45) is 3.16. The van der Waals surface area contributed by atoms with Crippen molar-refractivity contribution in [3.63, 3.8) is 0 Å². The van der Waals surface area contributed by atoms with E-state index in [0.717, 1.165) is 30.4 Å². The van der Waals surface area contributed by atoms with Gasteiger partial charge in [-0.3, -0.25) is 9.59 Å². The largest absolute Gasteiger partial charge is 0.481 e. The summed E-state index contributed by atoms with van der Waals surface area (Å²) < 4.78 is 5.65. The van der Waals surface area contributed by atoms with E-state index in [1.54, 1.807) is 13.8 Å². The lowest BCUT2D eigenvalue weighted by molar-refractivity contribution is -0.142. The zero-order chi connectivity index (χ0) is 24.8. The fourth-order valence-electron chi connectivity index (χ4n) is 6.00. The Balaban J connectivity index is 1.22. The van der Waals surface area contributed by atoms with E-state index in [1.807, 2.05) is 24.3 Å². The van der Waals surface area contributed by atoms with E-state index in [9.17, 15) is 19.5 Å². The van der Waals surface area contributed by atoms with Crippen molar-refractivity contribution in [3.05, 3.63) is 59.7 Å². The third-order valence-electron chi connectivity index (χ3n) is 8.65. The number of hydrogen-bond acceptors (Lipinski definition) is 4. The van der Waals surface area contributed by atoms with Gasteiger partial charge in [-0.15, -0.1) is 0 Å². The van der Waals surface area contributed by atoms with E-state index in [2.05, 4.69) is 34.9 Å². The molecular formula is C28H32N2O5.